The molecule has 1 aromatic heterocycles. The SMILES string of the molecule is COc1ccccc1CC(=O)NCc1cnc[nH]1. The fourth-order valence-electron chi connectivity index (χ4n) is 1.66. The Morgan fingerprint density at radius 2 is 2.28 bits per heavy atom. The molecule has 2 N–H and O–H groups in total. The number of benzene rings is 1. The van der Waals surface area contributed by atoms with Crippen LogP contribution in [0.15, 0.2) is 36.8 Å². The minimum absolute atomic E-state index is 0.0471. The summed E-state index contributed by atoms with van der Waals surface area (Å²) < 4.78 is 5.20. The Bertz CT molecular complexity index is 509. The monoisotopic (exact) mass is 245 g/mol. The maximum absolute atomic E-state index is 11.8. The largest absolute Gasteiger partial charge is 0.496 e. The van der Waals surface area contributed by atoms with E-state index in [1.54, 1.807) is 19.6 Å². The summed E-state index contributed by atoms with van der Waals surface area (Å²) in [7, 11) is 1.60. The number of nitrogens with zero attached hydrogens (tertiary/aromatic N) is 1. The van der Waals surface area contributed by atoms with E-state index in [0.717, 1.165) is 17.0 Å². The summed E-state index contributed by atoms with van der Waals surface area (Å²) in [6.07, 6.45) is 3.57. The quantitative estimate of drug-likeness (QED) is 0.833. The van der Waals surface area contributed by atoms with Gasteiger partial charge in [-0.05, 0) is 6.07 Å². The minimum atomic E-state index is -0.0471. The van der Waals surface area contributed by atoms with Crippen molar-refractivity contribution in [3.8, 4) is 5.75 Å². The number of rotatable bonds is 5. The van der Waals surface area contributed by atoms with Crippen molar-refractivity contribution in [2.75, 3.05) is 7.11 Å². The Morgan fingerprint density at radius 1 is 1.44 bits per heavy atom. The summed E-state index contributed by atoms with van der Waals surface area (Å²) in [5.41, 5.74) is 1.76. The molecule has 0 aliphatic heterocycles. The van der Waals surface area contributed by atoms with E-state index >= 15 is 0 Å². The van der Waals surface area contributed by atoms with E-state index in [1.807, 2.05) is 24.3 Å². The standard InChI is InChI=1S/C13H15N3O2/c1-18-12-5-3-2-4-10(12)6-13(17)15-8-11-7-14-9-16-11/h2-5,7,9H,6,8H2,1H3,(H,14,16)(H,15,17). The van der Waals surface area contributed by atoms with Gasteiger partial charge in [0, 0.05) is 11.8 Å². The lowest BCUT2D eigenvalue weighted by Crippen LogP contribution is -2.24. The average Bonchev–Trinajstić information content (AvgIpc) is 2.90. The summed E-state index contributed by atoms with van der Waals surface area (Å²) in [4.78, 5) is 18.6. The molecule has 0 spiro atoms. The van der Waals surface area contributed by atoms with Gasteiger partial charge in [0.1, 0.15) is 5.75 Å². The van der Waals surface area contributed by atoms with Crippen molar-refractivity contribution in [2.45, 2.75) is 13.0 Å². The number of hydrogen-bond donors (Lipinski definition) is 2. The van der Waals surface area contributed by atoms with Gasteiger partial charge in [-0.2, -0.15) is 0 Å². The van der Waals surface area contributed by atoms with Crippen LogP contribution in [-0.4, -0.2) is 23.0 Å². The Hall–Kier alpha value is -2.30. The van der Waals surface area contributed by atoms with Crippen molar-refractivity contribution in [3.63, 3.8) is 0 Å². The second-order valence-corrected chi connectivity index (χ2v) is 3.84. The molecule has 2 rings (SSSR count). The molecular formula is C13H15N3O2. The molecule has 94 valence electrons. The van der Waals surface area contributed by atoms with Gasteiger partial charge in [-0.25, -0.2) is 4.98 Å². The number of para-hydroxylation sites is 1. The lowest BCUT2D eigenvalue weighted by molar-refractivity contribution is -0.120. The Morgan fingerprint density at radius 3 is 3.00 bits per heavy atom. The van der Waals surface area contributed by atoms with E-state index < -0.39 is 0 Å². The molecule has 0 radical (unpaired) electrons. The lowest BCUT2D eigenvalue weighted by Gasteiger charge is -2.08. The van der Waals surface area contributed by atoms with Crippen LogP contribution in [0, 0.1) is 0 Å². The van der Waals surface area contributed by atoms with Crippen LogP contribution in [0.4, 0.5) is 0 Å². The van der Waals surface area contributed by atoms with E-state index in [4.69, 9.17) is 4.74 Å². The van der Waals surface area contributed by atoms with Crippen LogP contribution in [0.25, 0.3) is 0 Å². The van der Waals surface area contributed by atoms with Gasteiger partial charge in [0.05, 0.1) is 32.1 Å². The molecule has 0 atom stereocenters. The highest BCUT2D eigenvalue weighted by molar-refractivity contribution is 5.79. The summed E-state index contributed by atoms with van der Waals surface area (Å²) in [5.74, 6) is 0.684. The smallest absolute Gasteiger partial charge is 0.224 e. The molecule has 18 heavy (non-hydrogen) atoms. The van der Waals surface area contributed by atoms with Crippen LogP contribution in [0.1, 0.15) is 11.3 Å². The summed E-state index contributed by atoms with van der Waals surface area (Å²) >= 11 is 0. The van der Waals surface area contributed by atoms with Crippen LogP contribution >= 0.6 is 0 Å². The first-order chi connectivity index (χ1) is 8.79. The van der Waals surface area contributed by atoms with Gasteiger partial charge in [-0.3, -0.25) is 4.79 Å². The van der Waals surface area contributed by atoms with Crippen LogP contribution in [0.3, 0.4) is 0 Å². The third-order valence-electron chi connectivity index (χ3n) is 2.57. The molecule has 0 fully saturated rings. The molecule has 5 heteroatoms. The minimum Gasteiger partial charge on any atom is -0.496 e. The predicted octanol–water partition coefficient (Wildman–Crippen LogP) is 1.28. The fraction of sp³-hybridized carbons (Fsp3) is 0.231. The zero-order chi connectivity index (χ0) is 12.8. The molecule has 2 aromatic rings. The number of ether oxygens (including phenoxy) is 1. The summed E-state index contributed by atoms with van der Waals surface area (Å²) in [6.45, 7) is 0.452. The Kier molecular flexibility index (Phi) is 3.96. The fourth-order valence-corrected chi connectivity index (χ4v) is 1.66. The maximum Gasteiger partial charge on any atom is 0.224 e. The Labute approximate surface area is 105 Å². The number of carbonyl (C=O) groups is 1. The van der Waals surface area contributed by atoms with Crippen molar-refractivity contribution in [1.29, 1.82) is 0 Å². The van der Waals surface area contributed by atoms with Crippen LogP contribution in [0.5, 0.6) is 5.75 Å². The van der Waals surface area contributed by atoms with Crippen LogP contribution in [-0.2, 0) is 17.8 Å². The van der Waals surface area contributed by atoms with Crippen molar-refractivity contribution in [2.24, 2.45) is 0 Å². The van der Waals surface area contributed by atoms with Crippen LogP contribution < -0.4 is 10.1 Å². The maximum atomic E-state index is 11.8. The molecular weight excluding hydrogens is 230 g/mol. The number of hydrogen-bond acceptors (Lipinski definition) is 3. The van der Waals surface area contributed by atoms with Gasteiger partial charge in [0.15, 0.2) is 0 Å². The van der Waals surface area contributed by atoms with Gasteiger partial charge in [-0.1, -0.05) is 18.2 Å². The van der Waals surface area contributed by atoms with Crippen molar-refractivity contribution < 1.29 is 9.53 Å². The first-order valence-electron chi connectivity index (χ1n) is 5.65. The van der Waals surface area contributed by atoms with E-state index in [2.05, 4.69) is 15.3 Å². The highest BCUT2D eigenvalue weighted by Gasteiger charge is 2.07. The highest BCUT2D eigenvalue weighted by atomic mass is 16.5. The third-order valence-corrected chi connectivity index (χ3v) is 2.57. The summed E-state index contributed by atoms with van der Waals surface area (Å²) in [5, 5.41) is 2.82. The Balaban J connectivity index is 1.90. The number of aromatic nitrogens is 2. The van der Waals surface area contributed by atoms with E-state index in [-0.39, 0.29) is 5.91 Å². The average molecular weight is 245 g/mol. The number of imidazole rings is 1. The van der Waals surface area contributed by atoms with Gasteiger partial charge in [0.25, 0.3) is 0 Å². The number of amides is 1. The predicted molar refractivity (Wildman–Crippen MR) is 67.1 cm³/mol. The van der Waals surface area contributed by atoms with Crippen molar-refractivity contribution >= 4 is 5.91 Å². The first-order valence-corrected chi connectivity index (χ1v) is 5.65. The molecule has 5 nitrogen and oxygen atoms in total. The molecule has 0 saturated carbocycles. The molecule has 0 aliphatic rings. The second-order valence-electron chi connectivity index (χ2n) is 3.84. The molecule has 1 heterocycles. The van der Waals surface area contributed by atoms with E-state index in [0.29, 0.717) is 13.0 Å². The normalized spacial score (nSPS) is 10.1. The van der Waals surface area contributed by atoms with Crippen molar-refractivity contribution in [3.05, 3.63) is 48.0 Å². The molecule has 0 bridgehead atoms. The van der Waals surface area contributed by atoms with E-state index in [1.165, 1.54) is 0 Å². The number of aromatic amines is 1. The molecule has 0 saturated heterocycles. The second kappa shape index (κ2) is 5.86. The third kappa shape index (κ3) is 3.10. The van der Waals surface area contributed by atoms with E-state index in [9.17, 15) is 4.79 Å². The van der Waals surface area contributed by atoms with Gasteiger partial charge < -0.3 is 15.0 Å². The molecule has 0 unspecified atom stereocenters. The number of H-pyrrole nitrogens is 1. The van der Waals surface area contributed by atoms with Gasteiger partial charge in [-0.15, -0.1) is 0 Å². The number of carbonyl (C=O) groups excluding carboxylic acids is 1. The van der Waals surface area contributed by atoms with Gasteiger partial charge >= 0.3 is 0 Å². The van der Waals surface area contributed by atoms with Crippen molar-refractivity contribution in [1.82, 2.24) is 15.3 Å². The first kappa shape index (κ1) is 12.2. The number of nitrogens with one attached hydrogen (secondary N) is 2. The highest BCUT2D eigenvalue weighted by Crippen LogP contribution is 2.17. The number of methoxy groups -OCH3 is 1. The zero-order valence-electron chi connectivity index (χ0n) is 10.1. The van der Waals surface area contributed by atoms with Crippen LogP contribution in [0.2, 0.25) is 0 Å². The molecule has 1 aromatic carbocycles. The molecule has 0 aliphatic carbocycles. The lowest BCUT2D eigenvalue weighted by atomic mass is 10.1. The zero-order valence-corrected chi connectivity index (χ0v) is 10.1. The van der Waals surface area contributed by atoms with Gasteiger partial charge in [0.2, 0.25) is 5.91 Å². The molecule has 1 amide bonds. The topological polar surface area (TPSA) is 67.0 Å². The summed E-state index contributed by atoms with van der Waals surface area (Å²) in [6, 6.07) is 7.50.